The first-order valence-corrected chi connectivity index (χ1v) is 8.65. The fourth-order valence-corrected chi connectivity index (χ4v) is 3.38. The zero-order valence-corrected chi connectivity index (χ0v) is 14.8. The molecule has 2 aromatic rings. The normalized spacial score (nSPS) is 19.4. The fourth-order valence-electron chi connectivity index (χ4n) is 3.38. The van der Waals surface area contributed by atoms with Gasteiger partial charge in [0.25, 0.3) is 5.91 Å². The fraction of sp³-hybridized carbons (Fsp3) is 0.333. The Bertz CT molecular complexity index is 810. The molecular formula is C21H23NO3. The van der Waals surface area contributed by atoms with E-state index in [2.05, 4.69) is 13.8 Å². The number of amides is 1. The monoisotopic (exact) mass is 337 g/mol. The van der Waals surface area contributed by atoms with Crippen molar-refractivity contribution in [2.24, 2.45) is 0 Å². The van der Waals surface area contributed by atoms with Crippen LogP contribution in [0, 0.1) is 0 Å². The molecule has 4 heteroatoms. The second kappa shape index (κ2) is 6.45. The highest BCUT2D eigenvalue weighted by atomic mass is 16.3. The van der Waals surface area contributed by atoms with Gasteiger partial charge in [-0.25, -0.2) is 0 Å². The van der Waals surface area contributed by atoms with Crippen molar-refractivity contribution in [3.05, 3.63) is 65.2 Å². The molecule has 130 valence electrons. The number of rotatable bonds is 5. The van der Waals surface area contributed by atoms with Crippen LogP contribution in [-0.4, -0.2) is 23.3 Å². The number of benzene rings is 2. The second-order valence-electron chi connectivity index (χ2n) is 6.80. The molecule has 0 saturated carbocycles. The third-order valence-corrected chi connectivity index (χ3v) is 4.87. The molecule has 1 N–H and O–H groups in total. The average molecular weight is 337 g/mol. The second-order valence-corrected chi connectivity index (χ2v) is 6.80. The molecule has 25 heavy (non-hydrogen) atoms. The SMILES string of the molecule is CCN1C(=O)[C@](O)(CC(=O)c2ccc(C(C)C)cc2)c2ccccc21. The number of fused-ring (bicyclic) bond motifs is 1. The summed E-state index contributed by atoms with van der Waals surface area (Å²) in [5.41, 5.74) is 1.06. The maximum Gasteiger partial charge on any atom is 0.264 e. The van der Waals surface area contributed by atoms with Crippen LogP contribution in [0.5, 0.6) is 0 Å². The summed E-state index contributed by atoms with van der Waals surface area (Å²) in [6.07, 6.45) is -0.250. The molecule has 1 heterocycles. The summed E-state index contributed by atoms with van der Waals surface area (Å²) in [5, 5.41) is 11.1. The summed E-state index contributed by atoms with van der Waals surface area (Å²) in [6, 6.07) is 14.5. The molecule has 1 aliphatic rings. The molecule has 2 aromatic carbocycles. The zero-order chi connectivity index (χ0) is 18.2. The van der Waals surface area contributed by atoms with Gasteiger partial charge in [0.15, 0.2) is 11.4 Å². The maximum absolute atomic E-state index is 12.7. The largest absolute Gasteiger partial charge is 0.375 e. The van der Waals surface area contributed by atoms with Gasteiger partial charge in [0, 0.05) is 17.7 Å². The van der Waals surface area contributed by atoms with Gasteiger partial charge in [-0.2, -0.15) is 0 Å². The van der Waals surface area contributed by atoms with E-state index in [9.17, 15) is 14.7 Å². The summed E-state index contributed by atoms with van der Waals surface area (Å²) in [4.78, 5) is 27.0. The van der Waals surface area contributed by atoms with Crippen LogP contribution in [0.1, 0.15) is 54.6 Å². The molecule has 0 spiro atoms. The Hall–Kier alpha value is -2.46. The predicted octanol–water partition coefficient (Wildman–Crippen LogP) is 3.64. The molecule has 0 aromatic heterocycles. The number of ketones is 1. The first-order chi connectivity index (χ1) is 11.9. The summed E-state index contributed by atoms with van der Waals surface area (Å²) >= 11 is 0. The van der Waals surface area contributed by atoms with E-state index in [-0.39, 0.29) is 12.2 Å². The Balaban J connectivity index is 1.91. The Morgan fingerprint density at radius 1 is 1.12 bits per heavy atom. The van der Waals surface area contributed by atoms with Crippen LogP contribution in [0.4, 0.5) is 5.69 Å². The summed E-state index contributed by atoms with van der Waals surface area (Å²) in [5.74, 6) is -0.281. The molecule has 4 nitrogen and oxygen atoms in total. The zero-order valence-electron chi connectivity index (χ0n) is 14.8. The van der Waals surface area contributed by atoms with Gasteiger partial charge in [0.05, 0.1) is 12.1 Å². The average Bonchev–Trinajstić information content (AvgIpc) is 2.82. The van der Waals surface area contributed by atoms with Crippen LogP contribution in [0.25, 0.3) is 0 Å². The number of hydrogen-bond acceptors (Lipinski definition) is 3. The number of carbonyl (C=O) groups excluding carboxylic acids is 2. The highest BCUT2D eigenvalue weighted by molar-refractivity contribution is 6.10. The predicted molar refractivity (Wildman–Crippen MR) is 97.8 cm³/mol. The van der Waals surface area contributed by atoms with Crippen molar-refractivity contribution in [1.29, 1.82) is 0 Å². The first-order valence-electron chi connectivity index (χ1n) is 8.65. The number of carbonyl (C=O) groups is 2. The van der Waals surface area contributed by atoms with Gasteiger partial charge < -0.3 is 10.0 Å². The number of hydrogen-bond donors (Lipinski definition) is 1. The Morgan fingerprint density at radius 3 is 2.36 bits per heavy atom. The summed E-state index contributed by atoms with van der Waals surface area (Å²) in [6.45, 7) is 6.49. The molecule has 0 radical (unpaired) electrons. The Kier molecular flexibility index (Phi) is 4.48. The molecule has 1 amide bonds. The Labute approximate surface area is 148 Å². The van der Waals surface area contributed by atoms with Crippen LogP contribution in [-0.2, 0) is 10.4 Å². The van der Waals surface area contributed by atoms with Gasteiger partial charge in [-0.3, -0.25) is 9.59 Å². The van der Waals surface area contributed by atoms with E-state index < -0.39 is 11.5 Å². The van der Waals surface area contributed by atoms with E-state index in [1.165, 1.54) is 4.90 Å². The van der Waals surface area contributed by atoms with Gasteiger partial charge in [0.1, 0.15) is 0 Å². The molecule has 0 fully saturated rings. The number of anilines is 1. The smallest absolute Gasteiger partial charge is 0.264 e. The highest BCUT2D eigenvalue weighted by Gasteiger charge is 2.50. The molecule has 0 saturated heterocycles. The lowest BCUT2D eigenvalue weighted by atomic mass is 9.87. The van der Waals surface area contributed by atoms with E-state index in [1.54, 1.807) is 30.3 Å². The third kappa shape index (κ3) is 2.87. The quantitative estimate of drug-likeness (QED) is 0.848. The maximum atomic E-state index is 12.7. The van der Waals surface area contributed by atoms with Crippen molar-refractivity contribution < 1.29 is 14.7 Å². The molecule has 0 aliphatic carbocycles. The van der Waals surface area contributed by atoms with Crippen LogP contribution in [0.15, 0.2) is 48.5 Å². The standard InChI is InChI=1S/C21H23NO3/c1-4-22-18-8-6-5-7-17(18)21(25,20(22)24)13-19(23)16-11-9-15(10-12-16)14(2)3/h5-12,14,25H,4,13H2,1-3H3/t21-/m0/s1. The van der Waals surface area contributed by atoms with Crippen molar-refractivity contribution in [2.75, 3.05) is 11.4 Å². The van der Waals surface area contributed by atoms with Crippen molar-refractivity contribution in [3.63, 3.8) is 0 Å². The molecule has 0 bridgehead atoms. The van der Waals surface area contributed by atoms with E-state index in [4.69, 9.17) is 0 Å². The van der Waals surface area contributed by atoms with E-state index >= 15 is 0 Å². The Morgan fingerprint density at radius 2 is 1.76 bits per heavy atom. The minimum absolute atomic E-state index is 0.237. The first kappa shape index (κ1) is 17.4. The highest BCUT2D eigenvalue weighted by Crippen LogP contribution is 2.42. The van der Waals surface area contributed by atoms with Gasteiger partial charge in [-0.05, 0) is 24.5 Å². The number of Topliss-reactive ketones (excluding diaryl/α,β-unsaturated/α-hetero) is 1. The lowest BCUT2D eigenvalue weighted by molar-refractivity contribution is -0.135. The lowest BCUT2D eigenvalue weighted by Crippen LogP contribution is -2.41. The van der Waals surface area contributed by atoms with Crippen LogP contribution in [0.2, 0.25) is 0 Å². The number of nitrogens with zero attached hydrogens (tertiary/aromatic N) is 1. The molecule has 0 unspecified atom stereocenters. The van der Waals surface area contributed by atoms with Gasteiger partial charge in [-0.15, -0.1) is 0 Å². The van der Waals surface area contributed by atoms with E-state index in [0.29, 0.717) is 29.3 Å². The van der Waals surface area contributed by atoms with Crippen molar-refractivity contribution in [1.82, 2.24) is 0 Å². The lowest BCUT2D eigenvalue weighted by Gasteiger charge is -2.22. The third-order valence-electron chi connectivity index (χ3n) is 4.87. The van der Waals surface area contributed by atoms with Crippen LogP contribution in [0.3, 0.4) is 0 Å². The van der Waals surface area contributed by atoms with E-state index in [0.717, 1.165) is 5.56 Å². The minimum Gasteiger partial charge on any atom is -0.375 e. The number of para-hydroxylation sites is 1. The van der Waals surface area contributed by atoms with Gasteiger partial charge >= 0.3 is 0 Å². The van der Waals surface area contributed by atoms with Crippen LogP contribution >= 0.6 is 0 Å². The molecule has 1 aliphatic heterocycles. The van der Waals surface area contributed by atoms with E-state index in [1.807, 2.05) is 25.1 Å². The van der Waals surface area contributed by atoms with Gasteiger partial charge in [0.2, 0.25) is 0 Å². The van der Waals surface area contributed by atoms with Crippen LogP contribution < -0.4 is 4.90 Å². The molecular weight excluding hydrogens is 314 g/mol. The van der Waals surface area contributed by atoms with Crippen molar-refractivity contribution in [2.45, 2.75) is 38.7 Å². The number of likely N-dealkylation sites (N-methyl/N-ethyl adjacent to an activating group) is 1. The molecule has 3 rings (SSSR count). The van der Waals surface area contributed by atoms with Gasteiger partial charge in [-0.1, -0.05) is 56.3 Å². The topological polar surface area (TPSA) is 57.6 Å². The summed E-state index contributed by atoms with van der Waals surface area (Å²) < 4.78 is 0. The van der Waals surface area contributed by atoms with Crippen molar-refractivity contribution >= 4 is 17.4 Å². The minimum atomic E-state index is -1.79. The number of aliphatic hydroxyl groups is 1. The summed E-state index contributed by atoms with van der Waals surface area (Å²) in [7, 11) is 0. The molecule has 1 atom stereocenters. The van der Waals surface area contributed by atoms with Crippen molar-refractivity contribution in [3.8, 4) is 0 Å².